The number of carbonyl (C=O) groups is 2. The lowest BCUT2D eigenvalue weighted by atomic mass is 10.1. The second kappa shape index (κ2) is 4.44. The number of nitrogens with zero attached hydrogens (tertiary/aromatic N) is 1. The van der Waals surface area contributed by atoms with E-state index in [4.69, 9.17) is 5.73 Å². The van der Waals surface area contributed by atoms with Gasteiger partial charge in [0.15, 0.2) is 0 Å². The Morgan fingerprint density at radius 3 is 2.64 bits per heavy atom. The maximum absolute atomic E-state index is 11.6. The van der Waals surface area contributed by atoms with Gasteiger partial charge >= 0.3 is 0 Å². The van der Waals surface area contributed by atoms with Gasteiger partial charge < -0.3 is 10.6 Å². The third kappa shape index (κ3) is 2.05. The Balaban J connectivity index is 2.68. The highest BCUT2D eigenvalue weighted by Gasteiger charge is 2.34. The summed E-state index contributed by atoms with van der Waals surface area (Å²) in [6.07, 6.45) is 2.16. The zero-order chi connectivity index (χ0) is 10.7. The molecule has 0 saturated carbocycles. The van der Waals surface area contributed by atoms with Gasteiger partial charge in [-0.1, -0.05) is 20.3 Å². The molecule has 4 nitrogen and oxygen atoms in total. The number of hydrogen-bond donors (Lipinski definition) is 1. The predicted molar refractivity (Wildman–Crippen MR) is 53.4 cm³/mol. The van der Waals surface area contributed by atoms with Crippen LogP contribution in [0.4, 0.5) is 0 Å². The topological polar surface area (TPSA) is 63.4 Å². The largest absolute Gasteiger partial charge is 0.368 e. The molecule has 0 aromatic carbocycles. The number of amides is 2. The molecule has 2 amide bonds. The van der Waals surface area contributed by atoms with Crippen LogP contribution in [0.25, 0.3) is 0 Å². The molecule has 1 rings (SSSR count). The van der Waals surface area contributed by atoms with Crippen LogP contribution in [0.5, 0.6) is 0 Å². The third-order valence-corrected chi connectivity index (χ3v) is 2.91. The molecule has 0 bridgehead atoms. The molecule has 1 saturated heterocycles. The molecule has 14 heavy (non-hydrogen) atoms. The Labute approximate surface area is 84.4 Å². The molecule has 1 aliphatic heterocycles. The van der Waals surface area contributed by atoms with Crippen LogP contribution >= 0.6 is 0 Å². The number of carbonyl (C=O) groups excluding carboxylic acids is 2. The molecular weight excluding hydrogens is 180 g/mol. The lowest BCUT2D eigenvalue weighted by Crippen LogP contribution is -2.45. The summed E-state index contributed by atoms with van der Waals surface area (Å²) in [5.74, 6) is 0.0796. The lowest BCUT2D eigenvalue weighted by Gasteiger charge is -2.24. The molecule has 1 fully saturated rings. The second-order valence-corrected chi connectivity index (χ2v) is 3.85. The second-order valence-electron chi connectivity index (χ2n) is 3.85. The van der Waals surface area contributed by atoms with Crippen molar-refractivity contribution in [2.45, 2.75) is 39.2 Å². The SMILES string of the molecule is CC[C@@H]1CC(=O)N([C@H](CC)C(N)=O)C1. The van der Waals surface area contributed by atoms with Crippen molar-refractivity contribution >= 4 is 11.8 Å². The number of primary amides is 1. The van der Waals surface area contributed by atoms with Crippen molar-refractivity contribution in [2.75, 3.05) is 6.54 Å². The third-order valence-electron chi connectivity index (χ3n) is 2.91. The number of hydrogen-bond acceptors (Lipinski definition) is 2. The molecule has 2 atom stereocenters. The molecule has 2 N–H and O–H groups in total. The molecule has 0 unspecified atom stereocenters. The molecule has 1 aliphatic rings. The van der Waals surface area contributed by atoms with Gasteiger partial charge in [0.25, 0.3) is 0 Å². The quantitative estimate of drug-likeness (QED) is 0.715. The standard InChI is InChI=1S/C10H18N2O2/c1-3-7-5-9(13)12(6-7)8(4-2)10(11)14/h7-8H,3-6H2,1-2H3,(H2,11,14)/t7-,8-/m1/s1. The van der Waals surface area contributed by atoms with Gasteiger partial charge in [0, 0.05) is 13.0 Å². The van der Waals surface area contributed by atoms with E-state index in [-0.39, 0.29) is 5.91 Å². The molecule has 0 aromatic heterocycles. The van der Waals surface area contributed by atoms with Gasteiger partial charge in [0.2, 0.25) is 11.8 Å². The predicted octanol–water partition coefficient (Wildman–Crippen LogP) is 0.509. The summed E-state index contributed by atoms with van der Waals surface area (Å²) in [5, 5.41) is 0. The van der Waals surface area contributed by atoms with Gasteiger partial charge in [-0.25, -0.2) is 0 Å². The van der Waals surface area contributed by atoms with E-state index in [1.54, 1.807) is 4.90 Å². The minimum Gasteiger partial charge on any atom is -0.368 e. The molecule has 0 aromatic rings. The van der Waals surface area contributed by atoms with E-state index in [1.165, 1.54) is 0 Å². The Kier molecular flexibility index (Phi) is 3.49. The van der Waals surface area contributed by atoms with Crippen LogP contribution in [-0.4, -0.2) is 29.3 Å². The molecule has 1 heterocycles. The summed E-state index contributed by atoms with van der Waals surface area (Å²) in [6, 6.07) is -0.404. The molecule has 0 aliphatic carbocycles. The highest BCUT2D eigenvalue weighted by atomic mass is 16.2. The Hall–Kier alpha value is -1.06. The Morgan fingerprint density at radius 1 is 1.64 bits per heavy atom. The van der Waals surface area contributed by atoms with Crippen LogP contribution in [-0.2, 0) is 9.59 Å². The summed E-state index contributed by atoms with van der Waals surface area (Å²) in [7, 11) is 0. The van der Waals surface area contributed by atoms with Crippen molar-refractivity contribution in [1.82, 2.24) is 4.90 Å². The summed E-state index contributed by atoms with van der Waals surface area (Å²) >= 11 is 0. The monoisotopic (exact) mass is 198 g/mol. The number of likely N-dealkylation sites (tertiary alicyclic amines) is 1. The molecule has 80 valence electrons. The molecule has 0 radical (unpaired) electrons. The summed E-state index contributed by atoms with van der Waals surface area (Å²) in [6.45, 7) is 4.63. The highest BCUT2D eigenvalue weighted by Crippen LogP contribution is 2.23. The molecule has 0 spiro atoms. The Morgan fingerprint density at radius 2 is 2.29 bits per heavy atom. The van der Waals surface area contributed by atoms with Crippen molar-refractivity contribution in [3.8, 4) is 0 Å². The van der Waals surface area contributed by atoms with Gasteiger partial charge in [-0.2, -0.15) is 0 Å². The minimum absolute atomic E-state index is 0.0718. The van der Waals surface area contributed by atoms with Crippen LogP contribution in [0.3, 0.4) is 0 Å². The van der Waals surface area contributed by atoms with Gasteiger partial charge in [0.1, 0.15) is 6.04 Å². The first-order valence-corrected chi connectivity index (χ1v) is 5.18. The lowest BCUT2D eigenvalue weighted by molar-refractivity contribution is -0.136. The zero-order valence-electron chi connectivity index (χ0n) is 8.82. The first-order chi connectivity index (χ1) is 6.60. The van der Waals surface area contributed by atoms with E-state index in [9.17, 15) is 9.59 Å². The zero-order valence-corrected chi connectivity index (χ0v) is 8.82. The fourth-order valence-corrected chi connectivity index (χ4v) is 1.96. The number of rotatable bonds is 4. The fraction of sp³-hybridized carbons (Fsp3) is 0.800. The van der Waals surface area contributed by atoms with Crippen LogP contribution in [0, 0.1) is 5.92 Å². The van der Waals surface area contributed by atoms with Gasteiger partial charge in [0.05, 0.1) is 0 Å². The smallest absolute Gasteiger partial charge is 0.240 e. The average molecular weight is 198 g/mol. The van der Waals surface area contributed by atoms with E-state index in [0.717, 1.165) is 6.42 Å². The molecule has 4 heteroatoms. The first-order valence-electron chi connectivity index (χ1n) is 5.18. The summed E-state index contributed by atoms with van der Waals surface area (Å²) in [4.78, 5) is 24.3. The van der Waals surface area contributed by atoms with E-state index >= 15 is 0 Å². The number of nitrogens with two attached hydrogens (primary N) is 1. The van der Waals surface area contributed by atoms with Crippen LogP contribution in [0.2, 0.25) is 0 Å². The first kappa shape index (κ1) is 11.0. The Bertz CT molecular complexity index is 240. The van der Waals surface area contributed by atoms with E-state index in [1.807, 2.05) is 6.92 Å². The van der Waals surface area contributed by atoms with E-state index in [2.05, 4.69) is 6.92 Å². The van der Waals surface area contributed by atoms with E-state index < -0.39 is 11.9 Å². The van der Waals surface area contributed by atoms with Crippen LogP contribution in [0.1, 0.15) is 33.1 Å². The maximum atomic E-state index is 11.6. The minimum atomic E-state index is -0.404. The highest BCUT2D eigenvalue weighted by molar-refractivity contribution is 5.87. The van der Waals surface area contributed by atoms with Crippen molar-refractivity contribution < 1.29 is 9.59 Å². The van der Waals surface area contributed by atoms with Gasteiger partial charge in [-0.15, -0.1) is 0 Å². The van der Waals surface area contributed by atoms with E-state index in [0.29, 0.717) is 25.3 Å². The van der Waals surface area contributed by atoms with Crippen molar-refractivity contribution in [2.24, 2.45) is 11.7 Å². The normalized spacial score (nSPS) is 24.0. The fourth-order valence-electron chi connectivity index (χ4n) is 1.96. The van der Waals surface area contributed by atoms with Crippen LogP contribution < -0.4 is 5.73 Å². The summed E-state index contributed by atoms with van der Waals surface area (Å²) < 4.78 is 0. The van der Waals surface area contributed by atoms with Gasteiger partial charge in [-0.3, -0.25) is 9.59 Å². The van der Waals surface area contributed by atoms with Crippen LogP contribution in [0.15, 0.2) is 0 Å². The van der Waals surface area contributed by atoms with Crippen molar-refractivity contribution in [3.63, 3.8) is 0 Å². The molecular formula is C10H18N2O2. The average Bonchev–Trinajstić information content (AvgIpc) is 2.48. The van der Waals surface area contributed by atoms with Gasteiger partial charge in [-0.05, 0) is 12.3 Å². The van der Waals surface area contributed by atoms with Crippen molar-refractivity contribution in [1.29, 1.82) is 0 Å². The summed E-state index contributed by atoms with van der Waals surface area (Å²) in [5.41, 5.74) is 5.24. The maximum Gasteiger partial charge on any atom is 0.240 e. The van der Waals surface area contributed by atoms with Crippen molar-refractivity contribution in [3.05, 3.63) is 0 Å².